The quantitative estimate of drug-likeness (QED) is 0.443. The van der Waals surface area contributed by atoms with Gasteiger partial charge in [-0.2, -0.15) is 0 Å². The van der Waals surface area contributed by atoms with Crippen molar-refractivity contribution in [1.82, 2.24) is 15.0 Å². The molecule has 0 saturated heterocycles. The average Bonchev–Trinajstić information content (AvgIpc) is 3.67. The van der Waals surface area contributed by atoms with E-state index in [9.17, 15) is 4.79 Å². The van der Waals surface area contributed by atoms with E-state index in [4.69, 9.17) is 5.73 Å². The number of nitrogen functional groups attached to an aromatic ring is 1. The summed E-state index contributed by atoms with van der Waals surface area (Å²) >= 11 is 0. The maximum atomic E-state index is 12.2. The topological polar surface area (TPSA) is 109 Å². The average molecular weight is 477 g/mol. The number of aromatic nitrogens is 3. The highest BCUT2D eigenvalue weighted by molar-refractivity contribution is 5.94. The van der Waals surface area contributed by atoms with Crippen LogP contribution in [0.5, 0.6) is 0 Å². The van der Waals surface area contributed by atoms with Crippen molar-refractivity contribution in [3.05, 3.63) is 84.2 Å². The molecule has 3 aliphatic rings. The third-order valence-corrected chi connectivity index (χ3v) is 7.09. The Morgan fingerprint density at radius 3 is 2.81 bits per heavy atom. The minimum absolute atomic E-state index is 0.0542. The zero-order valence-corrected chi connectivity index (χ0v) is 20.0. The molecule has 2 aliphatic carbocycles. The van der Waals surface area contributed by atoms with Crippen LogP contribution in [0.25, 0.3) is 22.3 Å². The van der Waals surface area contributed by atoms with Gasteiger partial charge in [-0.1, -0.05) is 18.7 Å². The van der Waals surface area contributed by atoms with Gasteiger partial charge in [0, 0.05) is 70.3 Å². The molecule has 7 nitrogen and oxygen atoms in total. The Kier molecular flexibility index (Phi) is 5.60. The van der Waals surface area contributed by atoms with E-state index in [1.54, 1.807) is 18.6 Å². The summed E-state index contributed by atoms with van der Waals surface area (Å²) in [5.41, 5.74) is 15.0. The van der Waals surface area contributed by atoms with Crippen molar-refractivity contribution in [3.8, 4) is 11.1 Å². The molecule has 3 aromatic heterocycles. The zero-order valence-electron chi connectivity index (χ0n) is 20.0. The number of anilines is 2. The van der Waals surface area contributed by atoms with Crippen molar-refractivity contribution in [1.29, 1.82) is 0 Å². The molecular weight excluding hydrogens is 448 g/mol. The number of pyridine rings is 2. The number of aromatic amines is 1. The standard InChI is InChI=1S/C29H28N6O/c1-17(27-13-25-23(3-2-4-26(25)35-27)18-7-9-31-10-8-18)24-12-21(15-33-28(24)30)20-11-22(16-32-14-20)34-29(36)19-5-6-19/h3,7,9-16,18-19,35H,1-2,4-6,8H2,(H2,30,33)(H,34,36). The van der Waals surface area contributed by atoms with Crippen molar-refractivity contribution in [2.45, 2.75) is 32.1 Å². The number of nitrogens with one attached hydrogen (secondary N) is 2. The summed E-state index contributed by atoms with van der Waals surface area (Å²) in [5.74, 6) is 0.947. The van der Waals surface area contributed by atoms with Crippen LogP contribution in [0.2, 0.25) is 0 Å². The first-order chi connectivity index (χ1) is 17.6. The Labute approximate surface area is 210 Å². The summed E-state index contributed by atoms with van der Waals surface area (Å²) < 4.78 is 0. The number of carbonyl (C=O) groups is 1. The second-order valence-corrected chi connectivity index (χ2v) is 9.65. The third kappa shape index (κ3) is 4.28. The van der Waals surface area contributed by atoms with Crippen LogP contribution in [-0.4, -0.2) is 27.1 Å². The minimum Gasteiger partial charge on any atom is -0.383 e. The molecule has 4 heterocycles. The summed E-state index contributed by atoms with van der Waals surface area (Å²) in [5, 5.41) is 2.96. The molecule has 1 amide bonds. The van der Waals surface area contributed by atoms with E-state index in [1.165, 1.54) is 16.8 Å². The Hall–Kier alpha value is -4.26. The predicted molar refractivity (Wildman–Crippen MR) is 144 cm³/mol. The van der Waals surface area contributed by atoms with Gasteiger partial charge in [-0.15, -0.1) is 0 Å². The Morgan fingerprint density at radius 2 is 2.00 bits per heavy atom. The van der Waals surface area contributed by atoms with Crippen molar-refractivity contribution < 1.29 is 4.79 Å². The van der Waals surface area contributed by atoms with E-state index in [0.717, 1.165) is 60.1 Å². The number of amides is 1. The first kappa shape index (κ1) is 22.2. The predicted octanol–water partition coefficient (Wildman–Crippen LogP) is 5.40. The third-order valence-electron chi connectivity index (χ3n) is 7.09. The molecule has 1 unspecified atom stereocenters. The highest BCUT2D eigenvalue weighted by Gasteiger charge is 2.29. The van der Waals surface area contributed by atoms with E-state index < -0.39 is 0 Å². The van der Waals surface area contributed by atoms with Crippen molar-refractivity contribution in [2.24, 2.45) is 16.8 Å². The molecular formula is C29H28N6O. The number of rotatable bonds is 6. The molecule has 1 saturated carbocycles. The molecule has 0 spiro atoms. The fourth-order valence-corrected chi connectivity index (χ4v) is 4.92. The van der Waals surface area contributed by atoms with Gasteiger partial charge in [-0.05, 0) is 61.4 Å². The largest absolute Gasteiger partial charge is 0.383 e. The minimum atomic E-state index is 0.0542. The van der Waals surface area contributed by atoms with Gasteiger partial charge in [-0.25, -0.2) is 4.98 Å². The van der Waals surface area contributed by atoms with Crippen LogP contribution < -0.4 is 11.1 Å². The second-order valence-electron chi connectivity index (χ2n) is 9.65. The summed E-state index contributed by atoms with van der Waals surface area (Å²) in [4.78, 5) is 28.8. The number of fused-ring (bicyclic) bond motifs is 1. The molecule has 6 rings (SSSR count). The SMILES string of the molecule is C=C(c1cc2c([nH]1)CCC=C2C1C=CN=CC1)c1cc(-c2cncc(NC(=O)C3CC3)c2)cnc1N. The van der Waals surface area contributed by atoms with Gasteiger partial charge >= 0.3 is 0 Å². The van der Waals surface area contributed by atoms with Crippen LogP contribution in [0.4, 0.5) is 11.5 Å². The van der Waals surface area contributed by atoms with E-state index in [0.29, 0.717) is 17.4 Å². The number of allylic oxidation sites excluding steroid dienone is 3. The maximum absolute atomic E-state index is 12.2. The number of hydrogen-bond donors (Lipinski definition) is 3. The molecule has 1 aliphatic heterocycles. The van der Waals surface area contributed by atoms with E-state index >= 15 is 0 Å². The number of aryl methyl sites for hydroxylation is 1. The zero-order chi connectivity index (χ0) is 24.6. The molecule has 180 valence electrons. The van der Waals surface area contributed by atoms with Gasteiger partial charge in [0.2, 0.25) is 5.91 Å². The van der Waals surface area contributed by atoms with Gasteiger partial charge in [0.05, 0.1) is 11.9 Å². The van der Waals surface area contributed by atoms with Gasteiger partial charge in [0.15, 0.2) is 0 Å². The van der Waals surface area contributed by atoms with Crippen LogP contribution in [0, 0.1) is 11.8 Å². The van der Waals surface area contributed by atoms with Crippen LogP contribution in [-0.2, 0) is 11.2 Å². The van der Waals surface area contributed by atoms with Crippen LogP contribution >= 0.6 is 0 Å². The fraction of sp³-hybridized carbons (Fsp3) is 0.241. The number of hydrogen-bond acceptors (Lipinski definition) is 5. The summed E-state index contributed by atoms with van der Waals surface area (Å²) in [6, 6.07) is 6.09. The molecule has 0 radical (unpaired) electrons. The van der Waals surface area contributed by atoms with Crippen molar-refractivity contribution in [2.75, 3.05) is 11.1 Å². The monoisotopic (exact) mass is 476 g/mol. The summed E-state index contributed by atoms with van der Waals surface area (Å²) in [6.07, 6.45) is 18.3. The molecule has 1 fully saturated rings. The summed E-state index contributed by atoms with van der Waals surface area (Å²) in [7, 11) is 0. The van der Waals surface area contributed by atoms with Gasteiger partial charge in [-0.3, -0.25) is 14.8 Å². The van der Waals surface area contributed by atoms with Crippen LogP contribution in [0.15, 0.2) is 66.7 Å². The first-order valence-electron chi connectivity index (χ1n) is 12.4. The van der Waals surface area contributed by atoms with E-state index in [-0.39, 0.29) is 11.8 Å². The number of nitrogens with zero attached hydrogens (tertiary/aromatic N) is 3. The van der Waals surface area contributed by atoms with Gasteiger partial charge in [0.1, 0.15) is 5.82 Å². The number of nitrogens with two attached hydrogens (primary N) is 1. The smallest absolute Gasteiger partial charge is 0.227 e. The Morgan fingerprint density at radius 1 is 1.14 bits per heavy atom. The van der Waals surface area contributed by atoms with Gasteiger partial charge in [0.25, 0.3) is 0 Å². The maximum Gasteiger partial charge on any atom is 0.227 e. The van der Waals surface area contributed by atoms with Crippen LogP contribution in [0.3, 0.4) is 0 Å². The Balaban J connectivity index is 1.28. The molecule has 0 bridgehead atoms. The van der Waals surface area contributed by atoms with Crippen LogP contribution in [0.1, 0.15) is 48.2 Å². The lowest BCUT2D eigenvalue weighted by molar-refractivity contribution is -0.117. The van der Waals surface area contributed by atoms with Crippen molar-refractivity contribution in [3.63, 3.8) is 0 Å². The number of carbonyl (C=O) groups excluding carboxylic acids is 1. The van der Waals surface area contributed by atoms with Gasteiger partial charge < -0.3 is 16.0 Å². The molecule has 3 aromatic rings. The van der Waals surface area contributed by atoms with E-state index in [2.05, 4.69) is 50.1 Å². The molecule has 7 heteroatoms. The molecule has 4 N–H and O–H groups in total. The fourth-order valence-electron chi connectivity index (χ4n) is 4.92. The lowest BCUT2D eigenvalue weighted by Crippen LogP contribution is -2.13. The number of H-pyrrole nitrogens is 1. The highest BCUT2D eigenvalue weighted by atomic mass is 16.2. The Bertz CT molecular complexity index is 1460. The first-order valence-corrected chi connectivity index (χ1v) is 12.4. The highest BCUT2D eigenvalue weighted by Crippen LogP contribution is 2.38. The lowest BCUT2D eigenvalue weighted by atomic mass is 9.85. The normalized spacial score (nSPS) is 18.4. The lowest BCUT2D eigenvalue weighted by Gasteiger charge is -2.20. The van der Waals surface area contributed by atoms with E-state index in [1.807, 2.05) is 24.5 Å². The van der Waals surface area contributed by atoms with Crippen molar-refractivity contribution >= 4 is 34.8 Å². The molecule has 1 atom stereocenters. The number of aliphatic imine (C=N–C) groups is 1. The summed E-state index contributed by atoms with van der Waals surface area (Å²) in [6.45, 7) is 4.38. The molecule has 36 heavy (non-hydrogen) atoms. The molecule has 0 aromatic carbocycles. The second kappa shape index (κ2) is 9.07.